The van der Waals surface area contributed by atoms with Crippen molar-refractivity contribution in [2.75, 3.05) is 11.9 Å². The summed E-state index contributed by atoms with van der Waals surface area (Å²) in [6.07, 6.45) is 0. The van der Waals surface area contributed by atoms with E-state index in [-0.39, 0.29) is 22.2 Å². The zero-order valence-electron chi connectivity index (χ0n) is 10.1. The average molecular weight is 280 g/mol. The maximum Gasteiger partial charge on any atom is 0.258 e. The van der Waals surface area contributed by atoms with Gasteiger partial charge >= 0.3 is 0 Å². The molecule has 0 spiro atoms. The second-order valence-corrected chi connectivity index (χ2v) is 4.42. The van der Waals surface area contributed by atoms with Gasteiger partial charge in [-0.15, -0.1) is 0 Å². The van der Waals surface area contributed by atoms with E-state index in [9.17, 15) is 14.3 Å². The van der Waals surface area contributed by atoms with E-state index in [1.54, 1.807) is 19.2 Å². The van der Waals surface area contributed by atoms with E-state index in [1.165, 1.54) is 29.2 Å². The molecule has 0 saturated carbocycles. The Hall–Kier alpha value is -2.07. The van der Waals surface area contributed by atoms with Gasteiger partial charge in [0.2, 0.25) is 0 Å². The van der Waals surface area contributed by atoms with Crippen molar-refractivity contribution in [1.29, 1.82) is 0 Å². The van der Waals surface area contributed by atoms with Gasteiger partial charge in [-0.3, -0.25) is 4.79 Å². The normalized spacial score (nSPS) is 10.3. The second kappa shape index (κ2) is 5.28. The van der Waals surface area contributed by atoms with Gasteiger partial charge < -0.3 is 10.0 Å². The Labute approximate surface area is 114 Å². The molecule has 1 amide bonds. The highest BCUT2D eigenvalue weighted by Crippen LogP contribution is 2.22. The molecular weight excluding hydrogens is 269 g/mol. The molecule has 0 atom stereocenters. The summed E-state index contributed by atoms with van der Waals surface area (Å²) in [5, 5.41) is 9.35. The van der Waals surface area contributed by atoms with E-state index in [4.69, 9.17) is 11.6 Å². The zero-order valence-corrected chi connectivity index (χ0v) is 10.9. The van der Waals surface area contributed by atoms with Crippen molar-refractivity contribution in [1.82, 2.24) is 0 Å². The van der Waals surface area contributed by atoms with Crippen LogP contribution in [0, 0.1) is 5.82 Å². The van der Waals surface area contributed by atoms with Gasteiger partial charge in [-0.25, -0.2) is 4.39 Å². The van der Waals surface area contributed by atoms with Crippen molar-refractivity contribution in [3.8, 4) is 5.75 Å². The number of phenolic OH excluding ortho intramolecular Hbond substituents is 1. The van der Waals surface area contributed by atoms with Crippen LogP contribution in [-0.4, -0.2) is 18.1 Å². The third kappa shape index (κ3) is 2.85. The standard InChI is InChI=1S/C14H11ClFNO2/c1-17(10-3-2-4-11(18)8-10)14(19)9-5-6-12(15)13(16)7-9/h2-8,18H,1H3. The summed E-state index contributed by atoms with van der Waals surface area (Å²) >= 11 is 5.57. The Bertz CT molecular complexity index is 631. The van der Waals surface area contributed by atoms with Gasteiger partial charge in [0.25, 0.3) is 5.91 Å². The van der Waals surface area contributed by atoms with Gasteiger partial charge in [0.15, 0.2) is 0 Å². The van der Waals surface area contributed by atoms with Gasteiger partial charge in [0.1, 0.15) is 11.6 Å². The number of hydrogen-bond acceptors (Lipinski definition) is 2. The SMILES string of the molecule is CN(C(=O)c1ccc(Cl)c(F)c1)c1cccc(O)c1. The van der Waals surface area contributed by atoms with Gasteiger partial charge in [-0.05, 0) is 30.3 Å². The molecular formula is C14H11ClFNO2. The van der Waals surface area contributed by atoms with Crippen LogP contribution in [0.3, 0.4) is 0 Å². The lowest BCUT2D eigenvalue weighted by molar-refractivity contribution is 0.0992. The molecule has 0 heterocycles. The lowest BCUT2D eigenvalue weighted by Crippen LogP contribution is -2.26. The molecule has 1 N–H and O–H groups in total. The van der Waals surface area contributed by atoms with Crippen LogP contribution in [0.15, 0.2) is 42.5 Å². The summed E-state index contributed by atoms with van der Waals surface area (Å²) < 4.78 is 13.3. The summed E-state index contributed by atoms with van der Waals surface area (Å²) in [4.78, 5) is 13.5. The molecule has 0 unspecified atom stereocenters. The molecule has 0 aromatic heterocycles. The predicted octanol–water partition coefficient (Wildman–Crippen LogP) is 3.46. The summed E-state index contributed by atoms with van der Waals surface area (Å²) in [6.45, 7) is 0. The van der Waals surface area contributed by atoms with E-state index in [1.807, 2.05) is 0 Å². The number of carbonyl (C=O) groups is 1. The van der Waals surface area contributed by atoms with Crippen molar-refractivity contribution in [3.63, 3.8) is 0 Å². The fourth-order valence-electron chi connectivity index (χ4n) is 1.64. The topological polar surface area (TPSA) is 40.5 Å². The number of anilines is 1. The highest BCUT2D eigenvalue weighted by atomic mass is 35.5. The number of hydrogen-bond donors (Lipinski definition) is 1. The van der Waals surface area contributed by atoms with Crippen molar-refractivity contribution in [3.05, 3.63) is 58.9 Å². The van der Waals surface area contributed by atoms with Gasteiger partial charge in [0, 0.05) is 24.4 Å². The molecule has 98 valence electrons. The van der Waals surface area contributed by atoms with E-state index < -0.39 is 5.82 Å². The predicted molar refractivity (Wildman–Crippen MR) is 72.3 cm³/mol. The molecule has 3 nitrogen and oxygen atoms in total. The van der Waals surface area contributed by atoms with Gasteiger partial charge in [0.05, 0.1) is 5.02 Å². The Kier molecular flexibility index (Phi) is 3.71. The highest BCUT2D eigenvalue weighted by molar-refractivity contribution is 6.30. The lowest BCUT2D eigenvalue weighted by Gasteiger charge is -2.17. The number of benzene rings is 2. The Morgan fingerprint density at radius 3 is 2.63 bits per heavy atom. The van der Waals surface area contributed by atoms with Crippen molar-refractivity contribution in [2.24, 2.45) is 0 Å². The van der Waals surface area contributed by atoms with Crippen LogP contribution in [0.5, 0.6) is 5.75 Å². The van der Waals surface area contributed by atoms with Crippen molar-refractivity contribution < 1.29 is 14.3 Å². The fourth-order valence-corrected chi connectivity index (χ4v) is 1.76. The molecule has 0 aliphatic heterocycles. The lowest BCUT2D eigenvalue weighted by atomic mass is 10.2. The summed E-state index contributed by atoms with van der Waals surface area (Å²) in [5.41, 5.74) is 0.702. The maximum absolute atomic E-state index is 13.3. The minimum absolute atomic E-state index is 0.0310. The molecule has 0 fully saturated rings. The third-order valence-electron chi connectivity index (χ3n) is 2.69. The maximum atomic E-state index is 13.3. The number of carbonyl (C=O) groups excluding carboxylic acids is 1. The largest absolute Gasteiger partial charge is 0.508 e. The Balaban J connectivity index is 2.30. The molecule has 5 heteroatoms. The highest BCUT2D eigenvalue weighted by Gasteiger charge is 2.15. The number of nitrogens with zero attached hydrogens (tertiary/aromatic N) is 1. The minimum Gasteiger partial charge on any atom is -0.508 e. The Morgan fingerprint density at radius 1 is 1.26 bits per heavy atom. The number of halogens is 2. The Morgan fingerprint density at radius 2 is 2.00 bits per heavy atom. The first-order valence-electron chi connectivity index (χ1n) is 5.51. The molecule has 2 rings (SSSR count). The smallest absolute Gasteiger partial charge is 0.258 e. The number of phenols is 1. The van der Waals surface area contributed by atoms with E-state index >= 15 is 0 Å². The van der Waals surface area contributed by atoms with Crippen molar-refractivity contribution >= 4 is 23.2 Å². The molecule has 2 aromatic carbocycles. The molecule has 0 saturated heterocycles. The first-order valence-corrected chi connectivity index (χ1v) is 5.89. The van der Waals surface area contributed by atoms with Crippen LogP contribution in [0.2, 0.25) is 5.02 Å². The number of rotatable bonds is 2. The molecule has 0 radical (unpaired) electrons. The fraction of sp³-hybridized carbons (Fsp3) is 0.0714. The van der Waals surface area contributed by atoms with Crippen LogP contribution >= 0.6 is 11.6 Å². The quantitative estimate of drug-likeness (QED) is 0.914. The van der Waals surface area contributed by atoms with E-state index in [0.29, 0.717) is 5.69 Å². The van der Waals surface area contributed by atoms with Gasteiger partial charge in [-0.2, -0.15) is 0 Å². The summed E-state index contributed by atoms with van der Waals surface area (Å²) in [6, 6.07) is 10.1. The summed E-state index contributed by atoms with van der Waals surface area (Å²) in [7, 11) is 1.55. The van der Waals surface area contributed by atoms with Crippen LogP contribution in [0.4, 0.5) is 10.1 Å². The second-order valence-electron chi connectivity index (χ2n) is 4.01. The van der Waals surface area contributed by atoms with Crippen LogP contribution < -0.4 is 4.90 Å². The van der Waals surface area contributed by atoms with Crippen LogP contribution in [0.25, 0.3) is 0 Å². The monoisotopic (exact) mass is 279 g/mol. The summed E-state index contributed by atoms with van der Waals surface area (Å²) in [5.74, 6) is -0.975. The first-order chi connectivity index (χ1) is 8.99. The zero-order chi connectivity index (χ0) is 14.0. The molecule has 0 bridgehead atoms. The third-order valence-corrected chi connectivity index (χ3v) is 2.99. The molecule has 0 aliphatic carbocycles. The van der Waals surface area contributed by atoms with Crippen LogP contribution in [0.1, 0.15) is 10.4 Å². The average Bonchev–Trinajstić information content (AvgIpc) is 2.40. The molecule has 19 heavy (non-hydrogen) atoms. The molecule has 0 aliphatic rings. The van der Waals surface area contributed by atoms with Gasteiger partial charge in [-0.1, -0.05) is 17.7 Å². The number of aromatic hydroxyl groups is 1. The van der Waals surface area contributed by atoms with E-state index in [0.717, 1.165) is 6.07 Å². The molecule has 2 aromatic rings. The first kappa shape index (κ1) is 13.4. The minimum atomic E-state index is -0.642. The van der Waals surface area contributed by atoms with Crippen molar-refractivity contribution in [2.45, 2.75) is 0 Å². The van der Waals surface area contributed by atoms with Crippen LogP contribution in [-0.2, 0) is 0 Å². The van der Waals surface area contributed by atoms with E-state index in [2.05, 4.69) is 0 Å². The number of amides is 1.